The number of rotatable bonds is 8. The first-order valence-corrected chi connectivity index (χ1v) is 7.76. The zero-order valence-electron chi connectivity index (χ0n) is 12.2. The third kappa shape index (κ3) is 10.5. The molecule has 98 valence electrons. The summed E-state index contributed by atoms with van der Waals surface area (Å²) in [6, 6.07) is 0. The van der Waals surface area contributed by atoms with Crippen molar-refractivity contribution in [3.05, 3.63) is 0 Å². The largest absolute Gasteiger partial charge is 0.0654 e. The molecule has 0 amide bonds. The quantitative estimate of drug-likeness (QED) is 0.432. The summed E-state index contributed by atoms with van der Waals surface area (Å²) in [6.45, 7) is 9.14. The molecule has 0 aromatic rings. The highest BCUT2D eigenvalue weighted by Crippen LogP contribution is 2.41. The Bertz CT molecular complexity index is 122. The third-order valence-corrected chi connectivity index (χ3v) is 3.66. The van der Waals surface area contributed by atoms with Gasteiger partial charge in [-0.1, -0.05) is 85.5 Å². The molecule has 1 saturated carbocycles. The second-order valence-electron chi connectivity index (χ2n) is 5.53. The summed E-state index contributed by atoms with van der Waals surface area (Å²) in [7, 11) is 0. The minimum atomic E-state index is 1.07. The molecule has 16 heavy (non-hydrogen) atoms. The van der Waals surface area contributed by atoms with Gasteiger partial charge in [-0.25, -0.2) is 0 Å². The molecule has 0 N–H and O–H groups in total. The van der Waals surface area contributed by atoms with Crippen LogP contribution >= 0.6 is 0 Å². The van der Waals surface area contributed by atoms with Crippen LogP contribution in [0.1, 0.15) is 91.9 Å². The molecule has 0 aliphatic heterocycles. The van der Waals surface area contributed by atoms with Crippen LogP contribution in [0.15, 0.2) is 0 Å². The highest BCUT2D eigenvalue weighted by molar-refractivity contribution is 4.81. The van der Waals surface area contributed by atoms with Crippen LogP contribution in [0.4, 0.5) is 0 Å². The highest BCUT2D eigenvalue weighted by atomic mass is 14.4. The van der Waals surface area contributed by atoms with Gasteiger partial charge in [0.05, 0.1) is 0 Å². The average molecular weight is 226 g/mol. The van der Waals surface area contributed by atoms with Crippen LogP contribution in [0.25, 0.3) is 0 Å². The molecule has 0 saturated heterocycles. The van der Waals surface area contributed by atoms with Crippen molar-refractivity contribution in [1.82, 2.24) is 0 Å². The lowest BCUT2D eigenvalue weighted by Crippen LogP contribution is -1.77. The van der Waals surface area contributed by atoms with E-state index in [2.05, 4.69) is 27.7 Å². The fourth-order valence-corrected chi connectivity index (χ4v) is 2.12. The molecule has 2 atom stereocenters. The van der Waals surface area contributed by atoms with Crippen molar-refractivity contribution in [3.63, 3.8) is 0 Å². The van der Waals surface area contributed by atoms with E-state index in [0.717, 1.165) is 11.8 Å². The first kappa shape index (κ1) is 16.0. The molecule has 2 unspecified atom stereocenters. The summed E-state index contributed by atoms with van der Waals surface area (Å²) in [5.74, 6) is 2.19. The monoisotopic (exact) mass is 226 g/mol. The molecular formula is C16H34. The molecule has 1 fully saturated rings. The Hall–Kier alpha value is 0. The highest BCUT2D eigenvalue weighted by Gasteiger charge is 2.30. The topological polar surface area (TPSA) is 0 Å². The normalized spacial score (nSPS) is 22.5. The maximum atomic E-state index is 2.36. The van der Waals surface area contributed by atoms with Gasteiger partial charge in [0, 0.05) is 0 Å². The van der Waals surface area contributed by atoms with Gasteiger partial charge < -0.3 is 0 Å². The Kier molecular flexibility index (Phi) is 11.5. The van der Waals surface area contributed by atoms with Gasteiger partial charge in [0.15, 0.2) is 0 Å². The first-order chi connectivity index (χ1) is 7.76. The Labute approximate surface area is 104 Å². The molecule has 1 aliphatic rings. The Morgan fingerprint density at radius 2 is 1.19 bits per heavy atom. The van der Waals surface area contributed by atoms with Crippen molar-refractivity contribution < 1.29 is 0 Å². The molecule has 0 radical (unpaired) electrons. The molecular weight excluding hydrogens is 192 g/mol. The van der Waals surface area contributed by atoms with E-state index in [0.29, 0.717) is 0 Å². The summed E-state index contributed by atoms with van der Waals surface area (Å²) in [5, 5.41) is 0. The van der Waals surface area contributed by atoms with Crippen LogP contribution in [-0.4, -0.2) is 0 Å². The van der Waals surface area contributed by atoms with Crippen LogP contribution in [0.3, 0.4) is 0 Å². The number of unbranched alkanes of at least 4 members (excludes halogenated alkanes) is 6. The predicted molar refractivity (Wildman–Crippen MR) is 75.8 cm³/mol. The zero-order valence-corrected chi connectivity index (χ0v) is 12.2. The van der Waals surface area contributed by atoms with Crippen LogP contribution in [-0.2, 0) is 0 Å². The Morgan fingerprint density at radius 3 is 1.50 bits per heavy atom. The average Bonchev–Trinajstić information content (AvgIpc) is 2.99. The SMILES string of the molecule is CCCCC1CC1C.CCCCCCCC. The van der Waals surface area contributed by atoms with Crippen molar-refractivity contribution in [1.29, 1.82) is 0 Å². The standard InChI is InChI=1S/C8H16.C8H18/c1-3-4-5-8-6-7(8)2;1-3-5-7-8-6-4-2/h7-8H,3-6H2,1-2H3;3-8H2,1-2H3. The van der Waals surface area contributed by atoms with Gasteiger partial charge in [0.25, 0.3) is 0 Å². The lowest BCUT2D eigenvalue weighted by molar-refractivity contribution is 0.620. The molecule has 0 aromatic carbocycles. The van der Waals surface area contributed by atoms with Gasteiger partial charge in [-0.2, -0.15) is 0 Å². The van der Waals surface area contributed by atoms with Crippen molar-refractivity contribution >= 4 is 0 Å². The first-order valence-electron chi connectivity index (χ1n) is 7.76. The van der Waals surface area contributed by atoms with E-state index in [-0.39, 0.29) is 0 Å². The van der Waals surface area contributed by atoms with E-state index in [4.69, 9.17) is 0 Å². The lowest BCUT2D eigenvalue weighted by Gasteiger charge is -1.93. The Balaban J connectivity index is 0.000000281. The minimum absolute atomic E-state index is 1.07. The van der Waals surface area contributed by atoms with Gasteiger partial charge >= 0.3 is 0 Å². The third-order valence-electron chi connectivity index (χ3n) is 3.66. The predicted octanol–water partition coefficient (Wildman–Crippen LogP) is 6.20. The summed E-state index contributed by atoms with van der Waals surface area (Å²) in [4.78, 5) is 0. The maximum absolute atomic E-state index is 2.36. The van der Waals surface area contributed by atoms with Crippen molar-refractivity contribution in [2.24, 2.45) is 11.8 Å². The summed E-state index contributed by atoms with van der Waals surface area (Å²) in [6.07, 6.45) is 14.3. The summed E-state index contributed by atoms with van der Waals surface area (Å²) in [5.41, 5.74) is 0. The fourth-order valence-electron chi connectivity index (χ4n) is 2.12. The van der Waals surface area contributed by atoms with Gasteiger partial charge in [0.2, 0.25) is 0 Å². The van der Waals surface area contributed by atoms with Crippen LogP contribution in [0.2, 0.25) is 0 Å². The maximum Gasteiger partial charge on any atom is -0.0386 e. The van der Waals surface area contributed by atoms with E-state index >= 15 is 0 Å². The molecule has 0 heterocycles. The summed E-state index contributed by atoms with van der Waals surface area (Å²) < 4.78 is 0. The van der Waals surface area contributed by atoms with Crippen LogP contribution in [0.5, 0.6) is 0 Å². The van der Waals surface area contributed by atoms with Gasteiger partial charge in [0.1, 0.15) is 0 Å². The lowest BCUT2D eigenvalue weighted by atomic mass is 10.1. The minimum Gasteiger partial charge on any atom is -0.0654 e. The second-order valence-corrected chi connectivity index (χ2v) is 5.53. The molecule has 1 aliphatic carbocycles. The van der Waals surface area contributed by atoms with E-state index in [1.165, 1.54) is 64.2 Å². The van der Waals surface area contributed by atoms with Gasteiger partial charge in [-0.15, -0.1) is 0 Å². The second kappa shape index (κ2) is 11.5. The molecule has 1 rings (SSSR count). The van der Waals surface area contributed by atoms with E-state index in [9.17, 15) is 0 Å². The smallest absolute Gasteiger partial charge is 0.0386 e. The fraction of sp³-hybridized carbons (Fsp3) is 1.00. The number of hydrogen-bond donors (Lipinski definition) is 0. The molecule has 0 nitrogen and oxygen atoms in total. The molecule has 0 spiro atoms. The molecule has 0 bridgehead atoms. The Morgan fingerprint density at radius 1 is 0.750 bits per heavy atom. The van der Waals surface area contributed by atoms with Crippen LogP contribution < -0.4 is 0 Å². The molecule has 0 heteroatoms. The van der Waals surface area contributed by atoms with Gasteiger partial charge in [-0.05, 0) is 18.3 Å². The zero-order chi connectivity index (χ0) is 12.2. The van der Waals surface area contributed by atoms with Crippen molar-refractivity contribution in [3.8, 4) is 0 Å². The van der Waals surface area contributed by atoms with E-state index in [1.54, 1.807) is 0 Å². The summed E-state index contributed by atoms with van der Waals surface area (Å²) >= 11 is 0. The number of hydrogen-bond acceptors (Lipinski definition) is 0. The van der Waals surface area contributed by atoms with Gasteiger partial charge in [-0.3, -0.25) is 0 Å². The van der Waals surface area contributed by atoms with E-state index < -0.39 is 0 Å². The van der Waals surface area contributed by atoms with Crippen molar-refractivity contribution in [2.45, 2.75) is 91.9 Å². The van der Waals surface area contributed by atoms with E-state index in [1.807, 2.05) is 0 Å². The van der Waals surface area contributed by atoms with Crippen LogP contribution in [0, 0.1) is 11.8 Å². The van der Waals surface area contributed by atoms with Crippen molar-refractivity contribution in [2.75, 3.05) is 0 Å². The molecule has 0 aromatic heterocycles.